The average Bonchev–Trinajstić information content (AvgIpc) is 3.30. The van der Waals surface area contributed by atoms with E-state index >= 15 is 0 Å². The van der Waals surface area contributed by atoms with Crippen LogP contribution in [0.15, 0.2) is 46.1 Å². The Morgan fingerprint density at radius 2 is 2.11 bits per heavy atom. The fourth-order valence-corrected chi connectivity index (χ4v) is 3.52. The first kappa shape index (κ1) is 22.7. The summed E-state index contributed by atoms with van der Waals surface area (Å²) >= 11 is 3.38. The van der Waals surface area contributed by atoms with E-state index in [1.165, 1.54) is 5.56 Å². The quantitative estimate of drug-likeness (QED) is 0.335. The lowest BCUT2D eigenvalue weighted by Crippen LogP contribution is -2.41. The van der Waals surface area contributed by atoms with Crippen LogP contribution in [0.2, 0.25) is 0 Å². The molecule has 1 fully saturated rings. The first-order valence-corrected chi connectivity index (χ1v) is 9.84. The van der Waals surface area contributed by atoms with E-state index in [9.17, 15) is 4.79 Å². The van der Waals surface area contributed by atoms with Gasteiger partial charge in [-0.05, 0) is 36.2 Å². The van der Waals surface area contributed by atoms with E-state index in [4.69, 9.17) is 0 Å². The Morgan fingerprint density at radius 1 is 1.36 bits per heavy atom. The maximum atomic E-state index is 12.1. The Hall–Kier alpha value is -1.62. The summed E-state index contributed by atoms with van der Waals surface area (Å²) < 4.78 is 2.83. The van der Waals surface area contributed by atoms with Crippen molar-refractivity contribution in [2.24, 2.45) is 12.0 Å². The van der Waals surface area contributed by atoms with Crippen LogP contribution in [-0.4, -0.2) is 53.2 Å². The molecule has 9 heteroatoms. The fourth-order valence-electron chi connectivity index (χ4n) is 3.25. The van der Waals surface area contributed by atoms with E-state index in [0.29, 0.717) is 18.9 Å². The predicted molar refractivity (Wildman–Crippen MR) is 126 cm³/mol. The van der Waals surface area contributed by atoms with E-state index in [-0.39, 0.29) is 29.9 Å². The summed E-state index contributed by atoms with van der Waals surface area (Å²) in [4.78, 5) is 18.7. The largest absolute Gasteiger partial charge is 0.356 e. The van der Waals surface area contributed by atoms with Gasteiger partial charge in [-0.25, -0.2) is 0 Å². The number of nitrogens with zero attached hydrogens (tertiary/aromatic N) is 4. The van der Waals surface area contributed by atoms with Gasteiger partial charge in [0.25, 0.3) is 0 Å². The van der Waals surface area contributed by atoms with Crippen LogP contribution in [0, 0.1) is 0 Å². The molecule has 1 amide bonds. The maximum absolute atomic E-state index is 12.1. The van der Waals surface area contributed by atoms with Gasteiger partial charge in [-0.3, -0.25) is 14.5 Å². The highest BCUT2D eigenvalue weighted by Crippen LogP contribution is 2.26. The van der Waals surface area contributed by atoms with Crippen molar-refractivity contribution >= 4 is 57.5 Å². The van der Waals surface area contributed by atoms with E-state index in [2.05, 4.69) is 47.8 Å². The number of hydrogen-bond acceptors (Lipinski definition) is 3. The third-order valence-corrected chi connectivity index (χ3v) is 5.19. The molecule has 0 spiro atoms. The number of aromatic nitrogens is 2. The van der Waals surface area contributed by atoms with Crippen LogP contribution in [0.1, 0.15) is 24.3 Å². The Balaban J connectivity index is 0.00000280. The molecule has 1 saturated heterocycles. The highest BCUT2D eigenvalue weighted by atomic mass is 127. The topological polar surface area (TPSA) is 74.6 Å². The molecular weight excluding hydrogens is 535 g/mol. The molecular formula is C19H26BrIN6O. The summed E-state index contributed by atoms with van der Waals surface area (Å²) in [5.74, 6) is 1.30. The predicted octanol–water partition coefficient (Wildman–Crippen LogP) is 3.19. The molecule has 2 N–H and O–H groups in total. The fraction of sp³-hybridized carbons (Fsp3) is 0.421. The number of halogens is 2. The number of rotatable bonds is 5. The second-order valence-corrected chi connectivity index (χ2v) is 7.57. The number of aryl methyl sites for hydroxylation is 1. The third kappa shape index (κ3) is 6.20. The number of carbonyl (C=O) groups is 1. The number of aliphatic imine (C=N–C) groups is 1. The lowest BCUT2D eigenvalue weighted by molar-refractivity contribution is -0.116. The van der Waals surface area contributed by atoms with Gasteiger partial charge in [0.1, 0.15) is 0 Å². The summed E-state index contributed by atoms with van der Waals surface area (Å²) in [6.07, 6.45) is 5.49. The van der Waals surface area contributed by atoms with Crippen LogP contribution >= 0.6 is 39.9 Å². The Kier molecular flexibility index (Phi) is 8.74. The third-order valence-electron chi connectivity index (χ3n) is 4.66. The molecule has 28 heavy (non-hydrogen) atoms. The highest BCUT2D eigenvalue weighted by Gasteiger charge is 2.26. The van der Waals surface area contributed by atoms with Gasteiger partial charge in [0, 0.05) is 62.4 Å². The first-order valence-electron chi connectivity index (χ1n) is 9.04. The number of guanidine groups is 1. The van der Waals surface area contributed by atoms with Gasteiger partial charge in [-0.15, -0.1) is 24.0 Å². The smallest absolute Gasteiger partial charge is 0.226 e. The summed E-state index contributed by atoms with van der Waals surface area (Å²) in [5, 5.41) is 10.5. The summed E-state index contributed by atoms with van der Waals surface area (Å²) in [5.41, 5.74) is 2.07. The molecule has 2 heterocycles. The molecule has 2 aromatic rings. The molecule has 1 unspecified atom stereocenters. The minimum atomic E-state index is -0.0186. The Labute approximate surface area is 191 Å². The number of benzene rings is 1. The molecule has 0 aliphatic carbocycles. The van der Waals surface area contributed by atoms with Gasteiger partial charge < -0.3 is 15.5 Å². The van der Waals surface area contributed by atoms with Crippen LogP contribution in [-0.2, 0) is 11.8 Å². The van der Waals surface area contributed by atoms with Crippen molar-refractivity contribution in [3.8, 4) is 0 Å². The standard InChI is InChI=1S/C19H25BrN6O.HI/c1-21-19(26-10-8-14(13-26)15-11-23-25(2)12-15)22-9-7-18(27)24-17-5-3-16(20)4-6-17;/h3-6,11-12,14H,7-10,13H2,1-2H3,(H,21,22)(H,24,27);1H. The zero-order valence-corrected chi connectivity index (χ0v) is 20.0. The normalized spacial score (nSPS) is 16.6. The summed E-state index contributed by atoms with van der Waals surface area (Å²) in [6, 6.07) is 7.55. The Morgan fingerprint density at radius 3 is 2.75 bits per heavy atom. The molecule has 0 bridgehead atoms. The number of anilines is 1. The number of likely N-dealkylation sites (tertiary alicyclic amines) is 1. The molecule has 1 aromatic heterocycles. The van der Waals surface area contributed by atoms with Crippen molar-refractivity contribution in [3.63, 3.8) is 0 Å². The van der Waals surface area contributed by atoms with Crippen molar-refractivity contribution in [2.45, 2.75) is 18.8 Å². The first-order chi connectivity index (χ1) is 13.0. The average molecular weight is 561 g/mol. The number of amides is 1. The zero-order chi connectivity index (χ0) is 19.2. The second kappa shape index (κ2) is 10.8. The van der Waals surface area contributed by atoms with Gasteiger partial charge in [0.05, 0.1) is 6.20 Å². The summed E-state index contributed by atoms with van der Waals surface area (Å²) in [6.45, 7) is 2.41. The van der Waals surface area contributed by atoms with E-state index < -0.39 is 0 Å². The van der Waals surface area contributed by atoms with Crippen LogP contribution in [0.3, 0.4) is 0 Å². The zero-order valence-electron chi connectivity index (χ0n) is 16.1. The van der Waals surface area contributed by atoms with E-state index in [0.717, 1.165) is 35.6 Å². The highest BCUT2D eigenvalue weighted by molar-refractivity contribution is 14.0. The second-order valence-electron chi connectivity index (χ2n) is 6.66. The van der Waals surface area contributed by atoms with Crippen LogP contribution in [0.4, 0.5) is 5.69 Å². The van der Waals surface area contributed by atoms with Crippen LogP contribution in [0.25, 0.3) is 0 Å². The number of hydrogen-bond donors (Lipinski definition) is 2. The number of nitrogens with one attached hydrogen (secondary N) is 2. The summed E-state index contributed by atoms with van der Waals surface area (Å²) in [7, 11) is 3.72. The minimum absolute atomic E-state index is 0. The molecule has 3 rings (SSSR count). The SMILES string of the molecule is CN=C(NCCC(=O)Nc1ccc(Br)cc1)N1CCC(c2cnn(C)c2)C1.I. The minimum Gasteiger partial charge on any atom is -0.356 e. The molecule has 7 nitrogen and oxygen atoms in total. The van der Waals surface area contributed by atoms with Crippen LogP contribution in [0.5, 0.6) is 0 Å². The molecule has 1 aliphatic heterocycles. The van der Waals surface area contributed by atoms with E-state index in [1.54, 1.807) is 7.05 Å². The van der Waals surface area contributed by atoms with Gasteiger partial charge in [0.2, 0.25) is 5.91 Å². The lowest BCUT2D eigenvalue weighted by Gasteiger charge is -2.21. The molecule has 1 aromatic carbocycles. The van der Waals surface area contributed by atoms with Crippen molar-refractivity contribution < 1.29 is 4.79 Å². The van der Waals surface area contributed by atoms with Crippen LogP contribution < -0.4 is 10.6 Å². The molecule has 0 radical (unpaired) electrons. The molecule has 1 aliphatic rings. The lowest BCUT2D eigenvalue weighted by atomic mass is 10.0. The van der Waals surface area contributed by atoms with Crippen molar-refractivity contribution in [1.82, 2.24) is 20.0 Å². The van der Waals surface area contributed by atoms with Gasteiger partial charge >= 0.3 is 0 Å². The van der Waals surface area contributed by atoms with Gasteiger partial charge in [0.15, 0.2) is 5.96 Å². The molecule has 0 saturated carbocycles. The molecule has 1 atom stereocenters. The Bertz CT molecular complexity index is 807. The van der Waals surface area contributed by atoms with Crippen molar-refractivity contribution in [2.75, 3.05) is 32.0 Å². The van der Waals surface area contributed by atoms with Gasteiger partial charge in [-0.1, -0.05) is 15.9 Å². The van der Waals surface area contributed by atoms with E-state index in [1.807, 2.05) is 42.2 Å². The maximum Gasteiger partial charge on any atom is 0.226 e. The molecule has 152 valence electrons. The number of carbonyl (C=O) groups excluding carboxylic acids is 1. The van der Waals surface area contributed by atoms with Crippen molar-refractivity contribution in [3.05, 3.63) is 46.7 Å². The van der Waals surface area contributed by atoms with Gasteiger partial charge in [-0.2, -0.15) is 5.10 Å². The monoisotopic (exact) mass is 560 g/mol. The van der Waals surface area contributed by atoms with Crippen molar-refractivity contribution in [1.29, 1.82) is 0 Å².